The number of likely N-dealkylation sites (tertiary alicyclic amines) is 1. The van der Waals surface area contributed by atoms with Gasteiger partial charge in [0.25, 0.3) is 5.91 Å². The number of nitrogens with one attached hydrogen (secondary N) is 1. The highest BCUT2D eigenvalue weighted by atomic mass is 16.5. The molecule has 2 aliphatic carbocycles. The molecule has 4 unspecified atom stereocenters. The van der Waals surface area contributed by atoms with E-state index in [-0.39, 0.29) is 29.7 Å². The minimum Gasteiger partial charge on any atom is -0.497 e. The number of hydrogen-bond acceptors (Lipinski definition) is 6. The first-order valence-electron chi connectivity index (χ1n) is 13.7. The van der Waals surface area contributed by atoms with Crippen LogP contribution < -0.4 is 15.8 Å². The van der Waals surface area contributed by atoms with E-state index in [1.165, 1.54) is 0 Å². The third-order valence-corrected chi connectivity index (χ3v) is 8.14. The van der Waals surface area contributed by atoms with Gasteiger partial charge in [-0.2, -0.15) is 0 Å². The van der Waals surface area contributed by atoms with Crippen LogP contribution in [0.1, 0.15) is 55.3 Å². The summed E-state index contributed by atoms with van der Waals surface area (Å²) in [7, 11) is 3.17. The first-order valence-corrected chi connectivity index (χ1v) is 13.7. The highest BCUT2D eigenvalue weighted by Crippen LogP contribution is 2.34. The Morgan fingerprint density at radius 3 is 2.59 bits per heavy atom. The lowest BCUT2D eigenvalue weighted by Gasteiger charge is -2.29. The fraction of sp³-hybridized carbons (Fsp3) is 0.679. The summed E-state index contributed by atoms with van der Waals surface area (Å²) < 4.78 is 10.6. The predicted molar refractivity (Wildman–Crippen MR) is 140 cm³/mol. The Hall–Kier alpha value is -2.65. The number of methoxy groups -OCH3 is 2. The zero-order valence-corrected chi connectivity index (χ0v) is 22.2. The van der Waals surface area contributed by atoms with Gasteiger partial charge in [-0.1, -0.05) is 12.5 Å². The molecular formula is C28H42N4O5. The van der Waals surface area contributed by atoms with Gasteiger partial charge in [0.05, 0.1) is 19.8 Å². The maximum atomic E-state index is 13.7. The van der Waals surface area contributed by atoms with Crippen molar-refractivity contribution in [3.05, 3.63) is 29.8 Å². The van der Waals surface area contributed by atoms with Crippen LogP contribution >= 0.6 is 0 Å². The SMILES string of the molecule is COCCN(C(=O)C1CC1)C1CC(C(=O)NCC2CCCC(CN)C2)N(C(=O)c2cccc(OC)c2)C1. The van der Waals surface area contributed by atoms with Crippen molar-refractivity contribution in [3.8, 4) is 5.75 Å². The number of rotatable bonds is 11. The maximum Gasteiger partial charge on any atom is 0.254 e. The molecule has 4 atom stereocenters. The molecule has 204 valence electrons. The predicted octanol–water partition coefficient (Wildman–Crippen LogP) is 2.04. The summed E-state index contributed by atoms with van der Waals surface area (Å²) in [5, 5.41) is 3.14. The van der Waals surface area contributed by atoms with E-state index in [4.69, 9.17) is 15.2 Å². The van der Waals surface area contributed by atoms with Gasteiger partial charge in [-0.05, 0) is 75.1 Å². The van der Waals surface area contributed by atoms with Crippen molar-refractivity contribution in [2.75, 3.05) is 47.0 Å². The Bertz CT molecular complexity index is 952. The van der Waals surface area contributed by atoms with Crippen molar-refractivity contribution >= 4 is 17.7 Å². The molecule has 1 aliphatic heterocycles. The normalized spacial score (nSPS) is 25.5. The Labute approximate surface area is 220 Å². The average Bonchev–Trinajstić information content (AvgIpc) is 3.70. The maximum absolute atomic E-state index is 13.7. The van der Waals surface area contributed by atoms with Gasteiger partial charge < -0.3 is 30.3 Å². The Morgan fingerprint density at radius 1 is 1.11 bits per heavy atom. The lowest BCUT2D eigenvalue weighted by molar-refractivity contribution is -0.135. The third-order valence-electron chi connectivity index (χ3n) is 8.14. The highest BCUT2D eigenvalue weighted by molar-refractivity contribution is 5.98. The van der Waals surface area contributed by atoms with E-state index in [9.17, 15) is 14.4 Å². The Kier molecular flexibility index (Phi) is 9.43. The van der Waals surface area contributed by atoms with E-state index in [2.05, 4.69) is 5.32 Å². The fourth-order valence-corrected chi connectivity index (χ4v) is 5.83. The smallest absolute Gasteiger partial charge is 0.254 e. The summed E-state index contributed by atoms with van der Waals surface area (Å²) in [6.07, 6.45) is 6.61. The van der Waals surface area contributed by atoms with Crippen LogP contribution in [0.5, 0.6) is 5.75 Å². The van der Waals surface area contributed by atoms with Gasteiger partial charge in [0.1, 0.15) is 11.8 Å². The van der Waals surface area contributed by atoms with Gasteiger partial charge >= 0.3 is 0 Å². The van der Waals surface area contributed by atoms with Gasteiger partial charge in [0.2, 0.25) is 11.8 Å². The molecule has 37 heavy (non-hydrogen) atoms. The van der Waals surface area contributed by atoms with Crippen molar-refractivity contribution in [2.24, 2.45) is 23.5 Å². The number of nitrogens with two attached hydrogens (primary N) is 1. The molecule has 9 nitrogen and oxygen atoms in total. The van der Waals surface area contributed by atoms with Crippen molar-refractivity contribution in [2.45, 2.75) is 57.0 Å². The second-order valence-corrected chi connectivity index (χ2v) is 10.8. The van der Waals surface area contributed by atoms with Crippen LogP contribution in [-0.4, -0.2) is 86.6 Å². The van der Waals surface area contributed by atoms with Crippen molar-refractivity contribution in [1.29, 1.82) is 0 Å². The minimum atomic E-state index is -0.644. The molecular weight excluding hydrogens is 472 g/mol. The fourth-order valence-electron chi connectivity index (χ4n) is 5.83. The molecule has 9 heteroatoms. The number of hydrogen-bond donors (Lipinski definition) is 2. The lowest BCUT2D eigenvalue weighted by Crippen LogP contribution is -2.47. The van der Waals surface area contributed by atoms with E-state index >= 15 is 0 Å². The second-order valence-electron chi connectivity index (χ2n) is 10.8. The van der Waals surface area contributed by atoms with Crippen LogP contribution in [0, 0.1) is 17.8 Å². The van der Waals surface area contributed by atoms with Gasteiger partial charge in [-0.15, -0.1) is 0 Å². The molecule has 3 aliphatic rings. The summed E-state index contributed by atoms with van der Waals surface area (Å²) in [5.41, 5.74) is 6.36. The van der Waals surface area contributed by atoms with Gasteiger partial charge in [-0.25, -0.2) is 0 Å². The number of carbonyl (C=O) groups excluding carboxylic acids is 3. The zero-order valence-electron chi connectivity index (χ0n) is 22.2. The average molecular weight is 515 g/mol. The number of ether oxygens (including phenoxy) is 2. The van der Waals surface area contributed by atoms with E-state index in [0.29, 0.717) is 62.4 Å². The summed E-state index contributed by atoms with van der Waals surface area (Å²) in [5.74, 6) is 1.27. The number of nitrogens with zero attached hydrogens (tertiary/aromatic N) is 2. The Morgan fingerprint density at radius 2 is 1.89 bits per heavy atom. The van der Waals surface area contributed by atoms with E-state index in [1.54, 1.807) is 43.4 Å². The largest absolute Gasteiger partial charge is 0.497 e. The number of benzene rings is 1. The Balaban J connectivity index is 1.51. The molecule has 2 saturated carbocycles. The molecule has 1 saturated heterocycles. The topological polar surface area (TPSA) is 114 Å². The van der Waals surface area contributed by atoms with Crippen molar-refractivity contribution in [1.82, 2.24) is 15.1 Å². The van der Waals surface area contributed by atoms with Crippen LogP contribution in [0.3, 0.4) is 0 Å². The molecule has 0 spiro atoms. The summed E-state index contributed by atoms with van der Waals surface area (Å²) in [6.45, 7) is 2.46. The van der Waals surface area contributed by atoms with Crippen molar-refractivity contribution in [3.63, 3.8) is 0 Å². The van der Waals surface area contributed by atoms with E-state index < -0.39 is 6.04 Å². The minimum absolute atomic E-state index is 0.0501. The number of carbonyl (C=O) groups is 3. The van der Waals surface area contributed by atoms with E-state index in [0.717, 1.165) is 38.5 Å². The molecule has 0 radical (unpaired) electrons. The number of amides is 3. The van der Waals surface area contributed by atoms with Crippen LogP contribution in [0.25, 0.3) is 0 Å². The van der Waals surface area contributed by atoms with Crippen molar-refractivity contribution < 1.29 is 23.9 Å². The molecule has 4 rings (SSSR count). The van der Waals surface area contributed by atoms with Crippen LogP contribution in [-0.2, 0) is 14.3 Å². The molecule has 3 amide bonds. The molecule has 1 aromatic rings. The van der Waals surface area contributed by atoms with E-state index in [1.807, 2.05) is 4.90 Å². The van der Waals surface area contributed by atoms with Gasteiger partial charge in [-0.3, -0.25) is 14.4 Å². The van der Waals surface area contributed by atoms with Crippen LogP contribution in [0.4, 0.5) is 0 Å². The molecule has 3 N–H and O–H groups in total. The first-order chi connectivity index (χ1) is 17.9. The molecule has 0 aromatic heterocycles. The summed E-state index contributed by atoms with van der Waals surface area (Å²) >= 11 is 0. The summed E-state index contributed by atoms with van der Waals surface area (Å²) in [4.78, 5) is 43.8. The quantitative estimate of drug-likeness (QED) is 0.467. The van der Waals surface area contributed by atoms with Crippen LogP contribution in [0.2, 0.25) is 0 Å². The highest BCUT2D eigenvalue weighted by Gasteiger charge is 2.45. The first kappa shape index (κ1) is 27.4. The lowest BCUT2D eigenvalue weighted by atomic mass is 9.81. The molecule has 1 heterocycles. The zero-order chi connectivity index (χ0) is 26.4. The molecule has 0 bridgehead atoms. The molecule has 3 fully saturated rings. The van der Waals surface area contributed by atoms with Crippen LogP contribution in [0.15, 0.2) is 24.3 Å². The van der Waals surface area contributed by atoms with Gasteiger partial charge in [0, 0.05) is 38.2 Å². The summed E-state index contributed by atoms with van der Waals surface area (Å²) in [6, 6.07) is 6.11. The standard InChI is InChI=1S/C28H42N4O5/c1-36-12-11-31(27(34)21-9-10-21)23-15-25(26(33)30-17-20-6-3-5-19(13-20)16-29)32(18-23)28(35)22-7-4-8-24(14-22)37-2/h4,7-8,14,19-21,23,25H,3,5-6,9-13,15-18,29H2,1-2H3,(H,30,33). The third kappa shape index (κ3) is 6.82. The monoisotopic (exact) mass is 514 g/mol. The second kappa shape index (κ2) is 12.7. The van der Waals surface area contributed by atoms with Gasteiger partial charge in [0.15, 0.2) is 0 Å². The molecule has 1 aromatic carbocycles.